The second-order valence-corrected chi connectivity index (χ2v) is 10.8. The molecule has 0 aliphatic rings. The van der Waals surface area contributed by atoms with Crippen LogP contribution in [-0.4, -0.2) is 21.9 Å². The zero-order valence-corrected chi connectivity index (χ0v) is 22.1. The molecule has 1 unspecified atom stereocenters. The lowest BCUT2D eigenvalue weighted by molar-refractivity contribution is 0.367. The van der Waals surface area contributed by atoms with Gasteiger partial charge in [-0.25, -0.2) is 0 Å². The van der Waals surface area contributed by atoms with Crippen molar-refractivity contribution in [2.45, 2.75) is 90.9 Å². The molecule has 0 spiro atoms. The maximum Gasteiger partial charge on any atom is 0.363 e. The van der Waals surface area contributed by atoms with Gasteiger partial charge < -0.3 is 5.73 Å². The van der Waals surface area contributed by atoms with Crippen molar-refractivity contribution in [1.82, 2.24) is 3.89 Å². The van der Waals surface area contributed by atoms with E-state index in [0.717, 1.165) is 40.3 Å². The Bertz CT molecular complexity index is 590. The second-order valence-electron chi connectivity index (χ2n) is 7.93. The Hall–Kier alpha value is 0.0500. The van der Waals surface area contributed by atoms with Crippen molar-refractivity contribution in [3.8, 4) is 0 Å². The molecular weight excluding hydrogens is 516 g/mol. The summed E-state index contributed by atoms with van der Waals surface area (Å²) in [5.74, 6) is 0. The Kier molecular flexibility index (Phi) is 14.0. The van der Waals surface area contributed by atoms with Gasteiger partial charge in [0.05, 0.1) is 18.8 Å². The number of hydrogen-bond donors (Lipinski definition) is 2. The molecule has 29 heavy (non-hydrogen) atoms. The summed E-state index contributed by atoms with van der Waals surface area (Å²) in [6.07, 6.45) is 14.0. The topological polar surface area (TPSA) is 63.3 Å². The minimum atomic E-state index is -2.00. The maximum atomic E-state index is 12.7. The molecule has 1 aromatic rings. The van der Waals surface area contributed by atoms with Gasteiger partial charge in [-0.15, -0.1) is 0 Å². The average molecular weight is 555 g/mol. The highest BCUT2D eigenvalue weighted by Gasteiger charge is 2.37. The number of unbranched alkanes of at least 4 members (excludes halogenated alkanes) is 10. The number of quaternary nitrogens is 1. The van der Waals surface area contributed by atoms with Crippen LogP contribution in [0.2, 0.25) is 0 Å². The Balaban J connectivity index is 2.95. The highest BCUT2D eigenvalue weighted by molar-refractivity contribution is 9.11. The van der Waals surface area contributed by atoms with E-state index in [9.17, 15) is 8.76 Å². The lowest BCUT2D eigenvalue weighted by Gasteiger charge is -2.33. The first-order valence-corrected chi connectivity index (χ1v) is 13.8. The molecule has 3 N–H and O–H groups in total. The normalized spacial score (nSPS) is 13.0. The summed E-state index contributed by atoms with van der Waals surface area (Å²) in [5, 5.41) is 0. The molecule has 1 rings (SSSR count). The minimum Gasteiger partial charge on any atom is -0.397 e. The van der Waals surface area contributed by atoms with Crippen molar-refractivity contribution in [3.63, 3.8) is 0 Å². The molecule has 7 heteroatoms. The van der Waals surface area contributed by atoms with Crippen LogP contribution in [-0.2, 0) is 11.3 Å². The van der Waals surface area contributed by atoms with E-state index in [2.05, 4.69) is 45.7 Å². The summed E-state index contributed by atoms with van der Waals surface area (Å²) in [6, 6.07) is 3.84. The van der Waals surface area contributed by atoms with Gasteiger partial charge in [-0.05, 0) is 57.5 Å². The van der Waals surface area contributed by atoms with E-state index in [1.54, 1.807) is 0 Å². The molecule has 1 aromatic carbocycles. The zero-order chi connectivity index (χ0) is 21.7. The van der Waals surface area contributed by atoms with Crippen molar-refractivity contribution in [2.24, 2.45) is 0 Å². The Labute approximate surface area is 197 Å². The van der Waals surface area contributed by atoms with Gasteiger partial charge in [0.2, 0.25) is 0 Å². The standard InChI is InChI=1S/C22H38Br2N2O2S/c1-3-5-7-9-11-13-15-26(29(27)28,16-14-12-10-8-6-4-2)19-17-20(23)22(25)21(24)18-19/h17-18H,3-16,25H2,1-2H3/p+1. The van der Waals surface area contributed by atoms with Gasteiger partial charge in [-0.2, -0.15) is 8.10 Å². The highest BCUT2D eigenvalue weighted by Crippen LogP contribution is 2.37. The maximum absolute atomic E-state index is 12.7. The number of nitrogens with zero attached hydrogens (tertiary/aromatic N) is 1. The molecule has 0 radical (unpaired) electrons. The van der Waals surface area contributed by atoms with Gasteiger partial charge in [0.1, 0.15) is 0 Å². The molecule has 0 bridgehead atoms. The molecular formula is C22H39Br2N2O2S+. The monoisotopic (exact) mass is 553 g/mol. The molecule has 0 fully saturated rings. The first-order chi connectivity index (χ1) is 13.9. The van der Waals surface area contributed by atoms with Gasteiger partial charge in [-0.3, -0.25) is 4.55 Å². The number of nitrogens with two attached hydrogens (primary N) is 1. The fourth-order valence-electron chi connectivity index (χ4n) is 3.72. The summed E-state index contributed by atoms with van der Waals surface area (Å²) < 4.78 is 24.7. The second kappa shape index (κ2) is 15.0. The van der Waals surface area contributed by atoms with E-state index in [1.807, 2.05) is 12.1 Å². The number of rotatable bonds is 16. The van der Waals surface area contributed by atoms with Crippen LogP contribution in [0.15, 0.2) is 21.1 Å². The van der Waals surface area contributed by atoms with E-state index in [-0.39, 0.29) is 3.89 Å². The van der Waals surface area contributed by atoms with Crippen molar-refractivity contribution >= 4 is 54.5 Å². The van der Waals surface area contributed by atoms with Crippen LogP contribution in [0.5, 0.6) is 0 Å². The number of nitrogen functional groups attached to an aromatic ring is 1. The smallest absolute Gasteiger partial charge is 0.363 e. The van der Waals surface area contributed by atoms with Crippen molar-refractivity contribution in [1.29, 1.82) is 0 Å². The highest BCUT2D eigenvalue weighted by atomic mass is 79.9. The van der Waals surface area contributed by atoms with Crippen LogP contribution in [0.3, 0.4) is 0 Å². The molecule has 0 saturated heterocycles. The number of anilines is 1. The lowest BCUT2D eigenvalue weighted by Crippen LogP contribution is -2.52. The Morgan fingerprint density at radius 1 is 0.828 bits per heavy atom. The molecule has 4 nitrogen and oxygen atoms in total. The molecule has 0 aliphatic carbocycles. The van der Waals surface area contributed by atoms with Gasteiger partial charge in [-0.1, -0.05) is 65.2 Å². The Morgan fingerprint density at radius 3 is 1.59 bits per heavy atom. The summed E-state index contributed by atoms with van der Waals surface area (Å²) in [7, 11) is 0. The number of hydrogen-bond acceptors (Lipinski definition) is 2. The van der Waals surface area contributed by atoms with Crippen molar-refractivity contribution < 1.29 is 8.76 Å². The van der Waals surface area contributed by atoms with Crippen LogP contribution in [0, 0.1) is 0 Å². The van der Waals surface area contributed by atoms with Crippen LogP contribution in [0.25, 0.3) is 0 Å². The summed E-state index contributed by atoms with van der Waals surface area (Å²) in [5.41, 5.74) is 7.54. The number of benzene rings is 1. The third-order valence-electron chi connectivity index (χ3n) is 5.58. The van der Waals surface area contributed by atoms with Gasteiger partial charge in [0, 0.05) is 21.1 Å². The molecule has 0 heterocycles. The number of halogens is 2. The van der Waals surface area contributed by atoms with E-state index in [0.29, 0.717) is 18.8 Å². The van der Waals surface area contributed by atoms with Crippen molar-refractivity contribution in [2.75, 3.05) is 18.8 Å². The fraction of sp³-hybridized carbons (Fsp3) is 0.727. The quantitative estimate of drug-likeness (QED) is 0.0942. The predicted molar refractivity (Wildman–Crippen MR) is 135 cm³/mol. The molecule has 0 amide bonds. The molecule has 0 aromatic heterocycles. The van der Waals surface area contributed by atoms with E-state index in [1.165, 1.54) is 51.4 Å². The minimum absolute atomic E-state index is 0.0963. The van der Waals surface area contributed by atoms with Crippen LogP contribution >= 0.6 is 31.9 Å². The van der Waals surface area contributed by atoms with Crippen LogP contribution in [0.4, 0.5) is 11.4 Å². The van der Waals surface area contributed by atoms with Gasteiger partial charge in [0.15, 0.2) is 5.69 Å². The fourth-order valence-corrected chi connectivity index (χ4v) is 5.74. The first-order valence-electron chi connectivity index (χ1n) is 11.1. The summed E-state index contributed by atoms with van der Waals surface area (Å²) in [4.78, 5) is 0. The Morgan fingerprint density at radius 2 is 1.21 bits per heavy atom. The van der Waals surface area contributed by atoms with Crippen LogP contribution in [0.1, 0.15) is 90.9 Å². The first kappa shape index (κ1) is 27.1. The zero-order valence-electron chi connectivity index (χ0n) is 18.1. The van der Waals surface area contributed by atoms with Crippen LogP contribution < -0.4 is 9.62 Å². The lowest BCUT2D eigenvalue weighted by atomic mass is 10.1. The van der Waals surface area contributed by atoms with Gasteiger partial charge in [0.25, 0.3) is 0 Å². The van der Waals surface area contributed by atoms with E-state index in [4.69, 9.17) is 5.73 Å². The largest absolute Gasteiger partial charge is 0.397 e. The molecule has 1 atom stereocenters. The summed E-state index contributed by atoms with van der Waals surface area (Å²) >= 11 is 5.03. The van der Waals surface area contributed by atoms with E-state index < -0.39 is 11.3 Å². The average Bonchev–Trinajstić information content (AvgIpc) is 2.69. The molecule has 0 saturated carbocycles. The van der Waals surface area contributed by atoms with E-state index >= 15 is 0 Å². The van der Waals surface area contributed by atoms with Crippen molar-refractivity contribution in [3.05, 3.63) is 21.1 Å². The SMILES string of the molecule is CCCCCCCC[N+](CCCCCCCC)(c1cc(Br)c(N)c(Br)c1)S(=O)O. The van der Waals surface area contributed by atoms with Gasteiger partial charge >= 0.3 is 11.3 Å². The molecule has 168 valence electrons. The molecule has 0 aliphatic heterocycles. The third kappa shape index (κ3) is 8.98. The third-order valence-corrected chi connectivity index (χ3v) is 8.07. The summed E-state index contributed by atoms with van der Waals surface area (Å²) in [6.45, 7) is 5.78. The predicted octanol–water partition coefficient (Wildman–Crippen LogP) is 7.96.